The number of nitrogens with one attached hydrogen (secondary N) is 3. The van der Waals surface area contributed by atoms with Crippen molar-refractivity contribution in [3.63, 3.8) is 0 Å². The summed E-state index contributed by atoms with van der Waals surface area (Å²) in [6.07, 6.45) is 2.62. The van der Waals surface area contributed by atoms with Crippen molar-refractivity contribution in [1.82, 2.24) is 20.9 Å². The second-order valence-electron chi connectivity index (χ2n) is 10.8. The Hall–Kier alpha value is -3.66. The first-order chi connectivity index (χ1) is 19.1. The summed E-state index contributed by atoms with van der Waals surface area (Å²) in [5, 5.41) is 18.6. The Morgan fingerprint density at radius 1 is 1.05 bits per heavy atom. The van der Waals surface area contributed by atoms with Crippen LogP contribution in [0.4, 0.5) is 4.39 Å². The van der Waals surface area contributed by atoms with Crippen LogP contribution in [0.2, 0.25) is 0 Å². The molecular formula is C30H39FN4O5. The lowest BCUT2D eigenvalue weighted by Gasteiger charge is -2.31. The van der Waals surface area contributed by atoms with Gasteiger partial charge in [-0.15, -0.1) is 0 Å². The number of phenolic OH excluding ortho intramolecular Hbond substituents is 1. The van der Waals surface area contributed by atoms with Crippen LogP contribution in [0.15, 0.2) is 42.5 Å². The molecule has 10 heteroatoms. The zero-order valence-corrected chi connectivity index (χ0v) is 23.3. The molecule has 1 heterocycles. The van der Waals surface area contributed by atoms with Gasteiger partial charge >= 0.3 is 0 Å². The molecule has 216 valence electrons. The number of para-hydroxylation sites is 1. The van der Waals surface area contributed by atoms with Gasteiger partial charge in [-0.1, -0.05) is 24.3 Å². The lowest BCUT2D eigenvalue weighted by atomic mass is 10.0. The maximum atomic E-state index is 14.8. The molecule has 1 fully saturated rings. The van der Waals surface area contributed by atoms with Crippen LogP contribution in [0.1, 0.15) is 44.2 Å². The highest BCUT2D eigenvalue weighted by Gasteiger charge is 2.39. The third-order valence-electron chi connectivity index (χ3n) is 7.59. The van der Waals surface area contributed by atoms with Crippen molar-refractivity contribution >= 4 is 17.7 Å². The van der Waals surface area contributed by atoms with E-state index >= 15 is 0 Å². The van der Waals surface area contributed by atoms with Crippen molar-refractivity contribution in [2.75, 3.05) is 20.1 Å². The monoisotopic (exact) mass is 554 g/mol. The van der Waals surface area contributed by atoms with Gasteiger partial charge in [0, 0.05) is 26.6 Å². The van der Waals surface area contributed by atoms with E-state index in [1.54, 1.807) is 38.2 Å². The lowest BCUT2D eigenvalue weighted by Crippen LogP contribution is -2.57. The average Bonchev–Trinajstić information content (AvgIpc) is 3.77. The molecule has 0 bridgehead atoms. The van der Waals surface area contributed by atoms with E-state index in [2.05, 4.69) is 16.0 Å². The van der Waals surface area contributed by atoms with Gasteiger partial charge in [0.1, 0.15) is 23.9 Å². The Morgan fingerprint density at radius 3 is 2.48 bits per heavy atom. The average molecular weight is 555 g/mol. The standard InChI is InChI=1S/C30H39FN4O5/c1-18-17-33-26(21-11-12-21)30(39)35(3)19(2)28(37)34-25(16-20-9-13-23(36)14-10-20)29(38)32-15-5-7-22-6-4-8-24(31)27(22)40-18/h4,6,8-10,13-14,18-19,21,25-26,33,36H,5,7,11-12,15-17H2,1-3H3,(H,32,38)(H,34,37)/t18-,19-,25-,26+/m1/s1. The molecule has 0 aromatic heterocycles. The van der Waals surface area contributed by atoms with Gasteiger partial charge in [-0.2, -0.15) is 0 Å². The number of carbonyl (C=O) groups is 3. The van der Waals surface area contributed by atoms with E-state index in [-0.39, 0.29) is 35.7 Å². The highest BCUT2D eigenvalue weighted by molar-refractivity contribution is 5.93. The van der Waals surface area contributed by atoms with Gasteiger partial charge in [0.25, 0.3) is 0 Å². The summed E-state index contributed by atoms with van der Waals surface area (Å²) in [6.45, 7) is 4.10. The van der Waals surface area contributed by atoms with E-state index in [1.165, 1.54) is 23.1 Å². The Balaban J connectivity index is 1.58. The minimum absolute atomic E-state index is 0.102. The van der Waals surface area contributed by atoms with Crippen molar-refractivity contribution in [2.45, 2.75) is 70.2 Å². The fourth-order valence-electron chi connectivity index (χ4n) is 4.87. The first-order valence-electron chi connectivity index (χ1n) is 13.9. The molecule has 0 saturated heterocycles. The predicted octanol–water partition coefficient (Wildman–Crippen LogP) is 2.30. The van der Waals surface area contributed by atoms with E-state index in [9.17, 15) is 23.9 Å². The van der Waals surface area contributed by atoms with Crippen LogP contribution in [-0.4, -0.2) is 72.1 Å². The number of likely N-dealkylation sites (N-methyl/N-ethyl adjacent to an activating group) is 1. The topological polar surface area (TPSA) is 120 Å². The molecule has 4 atom stereocenters. The molecule has 0 radical (unpaired) electrons. The van der Waals surface area contributed by atoms with Crippen molar-refractivity contribution in [3.05, 3.63) is 59.4 Å². The molecule has 40 heavy (non-hydrogen) atoms. The molecule has 4 rings (SSSR count). The summed E-state index contributed by atoms with van der Waals surface area (Å²) in [4.78, 5) is 41.4. The van der Waals surface area contributed by atoms with Crippen molar-refractivity contribution in [3.8, 4) is 11.5 Å². The summed E-state index contributed by atoms with van der Waals surface area (Å²) < 4.78 is 20.8. The smallest absolute Gasteiger partial charge is 0.243 e. The highest BCUT2D eigenvalue weighted by Crippen LogP contribution is 2.34. The van der Waals surface area contributed by atoms with E-state index in [1.807, 2.05) is 6.92 Å². The molecule has 3 amide bonds. The van der Waals surface area contributed by atoms with E-state index in [0.29, 0.717) is 31.5 Å². The number of carbonyl (C=O) groups excluding carboxylic acids is 3. The molecule has 1 aliphatic carbocycles. The van der Waals surface area contributed by atoms with Gasteiger partial charge in [0.2, 0.25) is 17.7 Å². The number of fused-ring (bicyclic) bond motifs is 1. The summed E-state index contributed by atoms with van der Waals surface area (Å²) >= 11 is 0. The number of aryl methyl sites for hydroxylation is 1. The Labute approximate surface area is 234 Å². The van der Waals surface area contributed by atoms with Crippen molar-refractivity contribution in [1.29, 1.82) is 0 Å². The summed E-state index contributed by atoms with van der Waals surface area (Å²) in [5.41, 5.74) is 1.45. The number of phenols is 1. The van der Waals surface area contributed by atoms with E-state index in [0.717, 1.165) is 18.4 Å². The van der Waals surface area contributed by atoms with E-state index < -0.39 is 36.0 Å². The predicted molar refractivity (Wildman–Crippen MR) is 148 cm³/mol. The van der Waals surface area contributed by atoms with Crippen LogP contribution in [0.3, 0.4) is 0 Å². The van der Waals surface area contributed by atoms with Gasteiger partial charge < -0.3 is 30.7 Å². The number of aromatic hydroxyl groups is 1. The molecule has 2 aliphatic rings. The van der Waals surface area contributed by atoms with Gasteiger partial charge in [0.15, 0.2) is 11.6 Å². The summed E-state index contributed by atoms with van der Waals surface area (Å²) in [7, 11) is 1.59. The quantitative estimate of drug-likeness (QED) is 0.462. The molecule has 0 spiro atoms. The summed E-state index contributed by atoms with van der Waals surface area (Å²) in [5.74, 6) is -1.05. The molecule has 4 N–H and O–H groups in total. The molecule has 1 saturated carbocycles. The van der Waals surface area contributed by atoms with Crippen molar-refractivity contribution in [2.24, 2.45) is 5.92 Å². The Morgan fingerprint density at radius 2 is 1.77 bits per heavy atom. The molecule has 2 aromatic rings. The Bertz CT molecular complexity index is 1200. The van der Waals surface area contributed by atoms with Crippen LogP contribution < -0.4 is 20.7 Å². The maximum Gasteiger partial charge on any atom is 0.243 e. The second-order valence-corrected chi connectivity index (χ2v) is 10.8. The van der Waals surface area contributed by atoms with Gasteiger partial charge in [-0.3, -0.25) is 14.4 Å². The Kier molecular flexibility index (Phi) is 9.63. The first kappa shape index (κ1) is 29.3. The molecule has 9 nitrogen and oxygen atoms in total. The van der Waals surface area contributed by atoms with Crippen LogP contribution in [-0.2, 0) is 27.2 Å². The number of ether oxygens (including phenoxy) is 1. The fourth-order valence-corrected chi connectivity index (χ4v) is 4.87. The second kappa shape index (κ2) is 13.1. The number of hydrogen-bond donors (Lipinski definition) is 4. The fraction of sp³-hybridized carbons (Fsp3) is 0.500. The van der Waals surface area contributed by atoms with Gasteiger partial charge in [0.05, 0.1) is 6.04 Å². The van der Waals surface area contributed by atoms with Crippen LogP contribution >= 0.6 is 0 Å². The normalized spacial score (nSPS) is 25.6. The molecular weight excluding hydrogens is 515 g/mol. The van der Waals surface area contributed by atoms with Gasteiger partial charge in [-0.25, -0.2) is 4.39 Å². The first-order valence-corrected chi connectivity index (χ1v) is 13.9. The minimum atomic E-state index is -0.895. The molecule has 2 aromatic carbocycles. The number of nitrogens with zero attached hydrogens (tertiary/aromatic N) is 1. The third-order valence-corrected chi connectivity index (χ3v) is 7.59. The maximum absolute atomic E-state index is 14.8. The lowest BCUT2D eigenvalue weighted by molar-refractivity contribution is -0.141. The molecule has 0 unspecified atom stereocenters. The molecule has 1 aliphatic heterocycles. The zero-order chi connectivity index (χ0) is 28.8. The van der Waals surface area contributed by atoms with Crippen molar-refractivity contribution < 1.29 is 28.6 Å². The number of hydrogen-bond acceptors (Lipinski definition) is 6. The third kappa shape index (κ3) is 7.50. The SMILES string of the molecule is C[C@@H]1CN[C@@H](C2CC2)C(=O)N(C)[C@H](C)C(=O)N[C@H](Cc2ccc(O)cc2)C(=O)NCCCc2cccc(F)c2O1. The van der Waals surface area contributed by atoms with Crippen LogP contribution in [0, 0.1) is 11.7 Å². The number of rotatable bonds is 3. The largest absolute Gasteiger partial charge is 0.508 e. The zero-order valence-electron chi connectivity index (χ0n) is 23.3. The van der Waals surface area contributed by atoms with Crippen LogP contribution in [0.25, 0.3) is 0 Å². The highest BCUT2D eigenvalue weighted by atomic mass is 19.1. The van der Waals surface area contributed by atoms with Gasteiger partial charge in [-0.05, 0) is 74.8 Å². The number of halogens is 1. The minimum Gasteiger partial charge on any atom is -0.508 e. The van der Waals surface area contributed by atoms with E-state index in [4.69, 9.17) is 4.74 Å². The number of amides is 3. The van der Waals surface area contributed by atoms with Crippen LogP contribution in [0.5, 0.6) is 11.5 Å². The summed E-state index contributed by atoms with van der Waals surface area (Å²) in [6, 6.07) is 9.01. The number of benzene rings is 2.